The first-order chi connectivity index (χ1) is 14.0. The Morgan fingerprint density at radius 2 is 2.10 bits per heavy atom. The molecule has 29 heavy (non-hydrogen) atoms. The summed E-state index contributed by atoms with van der Waals surface area (Å²) in [5, 5.41) is 13.1. The molecule has 1 fully saturated rings. The average molecular weight is 494 g/mol. The van der Waals surface area contributed by atoms with Gasteiger partial charge in [-0.15, -0.1) is 16.4 Å². The fourth-order valence-corrected chi connectivity index (χ4v) is 5.69. The third kappa shape index (κ3) is 3.31. The molecule has 0 aliphatic carbocycles. The van der Waals surface area contributed by atoms with Crippen LogP contribution in [0.2, 0.25) is 0 Å². The summed E-state index contributed by atoms with van der Waals surface area (Å²) in [6.45, 7) is 1.39. The molecule has 8 nitrogen and oxygen atoms in total. The predicted octanol–water partition coefficient (Wildman–Crippen LogP) is 3.53. The first-order valence-corrected chi connectivity index (χ1v) is 12.2. The van der Waals surface area contributed by atoms with Gasteiger partial charge in [0, 0.05) is 17.6 Å². The number of nitrogens with zero attached hydrogens (tertiary/aromatic N) is 4. The Kier molecular flexibility index (Phi) is 4.77. The molecular weight excluding hydrogens is 478 g/mol. The van der Waals surface area contributed by atoms with E-state index in [1.165, 1.54) is 28.0 Å². The first-order valence-electron chi connectivity index (χ1n) is 9.03. The van der Waals surface area contributed by atoms with Gasteiger partial charge in [0.15, 0.2) is 5.65 Å². The van der Waals surface area contributed by atoms with E-state index in [-0.39, 0.29) is 21.7 Å². The Morgan fingerprint density at radius 3 is 2.86 bits per heavy atom. The van der Waals surface area contributed by atoms with Gasteiger partial charge >= 0.3 is 0 Å². The van der Waals surface area contributed by atoms with Gasteiger partial charge in [0.1, 0.15) is 5.82 Å². The minimum atomic E-state index is -3.86. The van der Waals surface area contributed by atoms with Crippen molar-refractivity contribution in [2.75, 3.05) is 18.5 Å². The van der Waals surface area contributed by atoms with E-state index in [2.05, 4.69) is 36.5 Å². The number of halogens is 1. The van der Waals surface area contributed by atoms with Gasteiger partial charge in [-0.05, 0) is 48.6 Å². The number of hydrogen-bond acceptors (Lipinski definition) is 8. The minimum Gasteiger partial charge on any atom is -0.376 e. The molecular formula is C18H16BrN5O3S2. The van der Waals surface area contributed by atoms with Crippen molar-refractivity contribution in [2.24, 2.45) is 0 Å². The molecule has 0 amide bonds. The molecule has 0 unspecified atom stereocenters. The van der Waals surface area contributed by atoms with E-state index in [9.17, 15) is 8.42 Å². The number of fused-ring (bicyclic) bond motifs is 3. The highest BCUT2D eigenvalue weighted by Gasteiger charge is 2.27. The van der Waals surface area contributed by atoms with Crippen LogP contribution >= 0.6 is 27.3 Å². The standard InChI is InChI=1S/C18H16BrN5O3S2/c19-11-3-5-13(6-4-11)29(25,26)18-17-21-16(20-10-12-2-1-8-27-12)15-14(7-9-28-15)24(17)23-22-18/h3-7,9,12H,1-2,8,10H2,(H,20,21)/t12-/m1/s1. The van der Waals surface area contributed by atoms with Gasteiger partial charge in [0.05, 0.1) is 21.2 Å². The molecule has 1 atom stereocenters. The second kappa shape index (κ2) is 7.31. The van der Waals surface area contributed by atoms with Crippen LogP contribution < -0.4 is 5.32 Å². The summed E-state index contributed by atoms with van der Waals surface area (Å²) < 4.78 is 35.2. The van der Waals surface area contributed by atoms with E-state index in [1.54, 1.807) is 12.1 Å². The number of ether oxygens (including phenoxy) is 1. The van der Waals surface area contributed by atoms with E-state index in [1.807, 2.05) is 11.4 Å². The van der Waals surface area contributed by atoms with Crippen LogP contribution in [0.5, 0.6) is 0 Å². The average Bonchev–Trinajstić information content (AvgIpc) is 3.45. The van der Waals surface area contributed by atoms with Crippen LogP contribution in [0.1, 0.15) is 12.8 Å². The van der Waals surface area contributed by atoms with Crippen LogP contribution in [0.15, 0.2) is 50.1 Å². The lowest BCUT2D eigenvalue weighted by molar-refractivity contribution is 0.120. The lowest BCUT2D eigenvalue weighted by Crippen LogP contribution is -2.19. The third-order valence-corrected chi connectivity index (χ3v) is 7.93. The largest absolute Gasteiger partial charge is 0.376 e. The van der Waals surface area contributed by atoms with Crippen LogP contribution in [0, 0.1) is 0 Å². The Labute approximate surface area is 178 Å². The zero-order valence-corrected chi connectivity index (χ0v) is 18.3. The summed E-state index contributed by atoms with van der Waals surface area (Å²) in [6.07, 6.45) is 2.19. The monoisotopic (exact) mass is 493 g/mol. The van der Waals surface area contributed by atoms with Gasteiger partial charge in [0.2, 0.25) is 14.9 Å². The number of aromatic nitrogens is 4. The topological polar surface area (TPSA) is 98.5 Å². The molecule has 1 aliphatic heterocycles. The normalized spacial score (nSPS) is 17.3. The zero-order valence-electron chi connectivity index (χ0n) is 15.1. The molecule has 11 heteroatoms. The predicted molar refractivity (Wildman–Crippen MR) is 113 cm³/mol. The molecule has 150 valence electrons. The fourth-order valence-electron chi connectivity index (χ4n) is 3.36. The van der Waals surface area contributed by atoms with Crippen molar-refractivity contribution in [2.45, 2.75) is 28.9 Å². The molecule has 4 aromatic rings. The maximum Gasteiger partial charge on any atom is 0.229 e. The summed E-state index contributed by atoms with van der Waals surface area (Å²) in [5.74, 6) is 0.618. The molecule has 0 spiro atoms. The van der Waals surface area contributed by atoms with E-state index >= 15 is 0 Å². The number of hydrogen-bond donors (Lipinski definition) is 1. The fraction of sp³-hybridized carbons (Fsp3) is 0.278. The summed E-state index contributed by atoms with van der Waals surface area (Å²) in [6, 6.07) is 8.31. The van der Waals surface area contributed by atoms with Crippen molar-refractivity contribution in [3.63, 3.8) is 0 Å². The van der Waals surface area contributed by atoms with Crippen molar-refractivity contribution in [3.05, 3.63) is 40.2 Å². The molecule has 4 heterocycles. The quantitative estimate of drug-likeness (QED) is 0.453. The molecule has 0 saturated carbocycles. The number of nitrogens with one attached hydrogen (secondary N) is 1. The molecule has 0 bridgehead atoms. The summed E-state index contributed by atoms with van der Waals surface area (Å²) in [5.41, 5.74) is 0.966. The third-order valence-electron chi connectivity index (χ3n) is 4.82. The van der Waals surface area contributed by atoms with Gasteiger partial charge in [-0.3, -0.25) is 0 Å². The summed E-state index contributed by atoms with van der Waals surface area (Å²) >= 11 is 4.84. The lowest BCUT2D eigenvalue weighted by atomic mass is 10.2. The lowest BCUT2D eigenvalue weighted by Gasteiger charge is -2.12. The van der Waals surface area contributed by atoms with Gasteiger partial charge in [-0.1, -0.05) is 21.1 Å². The van der Waals surface area contributed by atoms with Crippen LogP contribution in [-0.4, -0.2) is 47.5 Å². The van der Waals surface area contributed by atoms with Crippen LogP contribution in [0.4, 0.5) is 5.82 Å². The van der Waals surface area contributed by atoms with Gasteiger partial charge in [0.25, 0.3) is 0 Å². The van der Waals surface area contributed by atoms with Gasteiger partial charge < -0.3 is 10.1 Å². The Morgan fingerprint density at radius 1 is 1.28 bits per heavy atom. The zero-order chi connectivity index (χ0) is 20.0. The Hall–Kier alpha value is -2.08. The highest BCUT2D eigenvalue weighted by molar-refractivity contribution is 9.10. The van der Waals surface area contributed by atoms with E-state index in [4.69, 9.17) is 4.74 Å². The van der Waals surface area contributed by atoms with Gasteiger partial charge in [-0.2, -0.15) is 4.52 Å². The maximum atomic E-state index is 13.2. The Balaban J connectivity index is 1.62. The number of rotatable bonds is 5. The van der Waals surface area contributed by atoms with Crippen LogP contribution in [0.25, 0.3) is 15.9 Å². The molecule has 5 rings (SSSR count). The maximum absolute atomic E-state index is 13.2. The smallest absolute Gasteiger partial charge is 0.229 e. The second-order valence-electron chi connectivity index (χ2n) is 6.70. The first kappa shape index (κ1) is 18.9. The van der Waals surface area contributed by atoms with E-state index in [0.29, 0.717) is 12.4 Å². The molecule has 1 aliphatic rings. The van der Waals surface area contributed by atoms with Gasteiger partial charge in [-0.25, -0.2) is 13.4 Å². The molecule has 0 radical (unpaired) electrons. The van der Waals surface area contributed by atoms with Crippen LogP contribution in [-0.2, 0) is 14.6 Å². The highest BCUT2D eigenvalue weighted by atomic mass is 79.9. The second-order valence-corrected chi connectivity index (χ2v) is 10.4. The molecule has 3 aromatic heterocycles. The number of thiophene rings is 1. The van der Waals surface area contributed by atoms with Crippen molar-refractivity contribution >= 4 is 58.8 Å². The van der Waals surface area contributed by atoms with E-state index in [0.717, 1.165) is 34.1 Å². The van der Waals surface area contributed by atoms with E-state index < -0.39 is 9.84 Å². The van der Waals surface area contributed by atoms with Crippen molar-refractivity contribution in [1.29, 1.82) is 0 Å². The number of benzene rings is 1. The number of anilines is 1. The highest BCUT2D eigenvalue weighted by Crippen LogP contribution is 2.31. The molecule has 1 aromatic carbocycles. The summed E-state index contributed by atoms with van der Waals surface area (Å²) in [7, 11) is -3.86. The van der Waals surface area contributed by atoms with Crippen molar-refractivity contribution in [1.82, 2.24) is 19.8 Å². The summed E-state index contributed by atoms with van der Waals surface area (Å²) in [4.78, 5) is 4.74. The van der Waals surface area contributed by atoms with Crippen molar-refractivity contribution < 1.29 is 13.2 Å². The Bertz CT molecular complexity index is 1290. The molecule has 1 N–H and O–H groups in total. The minimum absolute atomic E-state index is 0.136. The van der Waals surface area contributed by atoms with Crippen molar-refractivity contribution in [3.8, 4) is 0 Å². The number of sulfone groups is 1. The SMILES string of the molecule is O=S(=O)(c1ccc(Br)cc1)c1nnn2c1nc(NC[C@H]1CCCO1)c1sccc12. The van der Waals surface area contributed by atoms with Crippen LogP contribution in [0.3, 0.4) is 0 Å². The molecule has 1 saturated heterocycles.